The fraction of sp³-hybridized carbons (Fsp3) is 0.667. The van der Waals surface area contributed by atoms with Crippen molar-refractivity contribution in [3.8, 4) is 0 Å². The van der Waals surface area contributed by atoms with E-state index >= 15 is 0 Å². The first-order valence-corrected chi connectivity index (χ1v) is 10.7. The molecule has 1 saturated carbocycles. The number of likely N-dealkylation sites (tertiary alicyclic amines) is 1. The van der Waals surface area contributed by atoms with Crippen molar-refractivity contribution in [1.82, 2.24) is 10.2 Å². The number of amides is 2. The zero-order chi connectivity index (χ0) is 17.9. The van der Waals surface area contributed by atoms with Crippen LogP contribution in [0, 0.1) is 5.92 Å². The largest absolute Gasteiger partial charge is 0.335 e. The molecule has 142 valence electrons. The summed E-state index contributed by atoms with van der Waals surface area (Å²) >= 11 is 6.07. The number of piperidine rings is 1. The number of carbonyl (C=O) groups is 1. The van der Waals surface area contributed by atoms with Gasteiger partial charge in [0, 0.05) is 42.9 Å². The van der Waals surface area contributed by atoms with Gasteiger partial charge in [0.1, 0.15) is 0 Å². The summed E-state index contributed by atoms with van der Waals surface area (Å²) < 4.78 is 0. The molecular weight excluding hydrogens is 346 g/mol. The number of nitrogens with zero attached hydrogens (tertiary/aromatic N) is 2. The second-order valence-corrected chi connectivity index (χ2v) is 8.64. The predicted octanol–water partition coefficient (Wildman–Crippen LogP) is 4.46. The molecule has 3 aliphatic rings. The number of halogens is 1. The highest BCUT2D eigenvalue weighted by atomic mass is 35.5. The molecular formula is C21H30ClN3O. The van der Waals surface area contributed by atoms with Crippen LogP contribution in [0.2, 0.25) is 5.02 Å². The van der Waals surface area contributed by atoms with Crippen molar-refractivity contribution >= 4 is 23.3 Å². The summed E-state index contributed by atoms with van der Waals surface area (Å²) in [7, 11) is 0. The van der Waals surface area contributed by atoms with Crippen molar-refractivity contribution < 1.29 is 4.79 Å². The van der Waals surface area contributed by atoms with Gasteiger partial charge in [-0.1, -0.05) is 30.9 Å². The molecule has 2 aliphatic heterocycles. The standard InChI is InChI=1S/C21H30ClN3O/c22-18-6-7-20-17(14-18)8-13-25(20)21(26)23-19-9-11-24(12-10-19)15-16-4-2-1-3-5-16/h6-7,14,16,19H,1-5,8-13,15H2,(H,23,26). The third kappa shape index (κ3) is 4.17. The Kier molecular flexibility index (Phi) is 5.70. The number of carbonyl (C=O) groups excluding carboxylic acids is 1. The molecule has 26 heavy (non-hydrogen) atoms. The SMILES string of the molecule is O=C(NC1CCN(CC2CCCCC2)CC1)N1CCc2cc(Cl)ccc21. The van der Waals surface area contributed by atoms with E-state index in [-0.39, 0.29) is 6.03 Å². The highest BCUT2D eigenvalue weighted by Crippen LogP contribution is 2.30. The maximum absolute atomic E-state index is 12.7. The van der Waals surface area contributed by atoms with E-state index in [4.69, 9.17) is 11.6 Å². The van der Waals surface area contributed by atoms with Gasteiger partial charge in [0.25, 0.3) is 0 Å². The molecule has 1 saturated heterocycles. The number of anilines is 1. The van der Waals surface area contributed by atoms with E-state index in [1.54, 1.807) is 0 Å². The summed E-state index contributed by atoms with van der Waals surface area (Å²) in [4.78, 5) is 17.2. The molecule has 4 nitrogen and oxygen atoms in total. The number of benzene rings is 1. The minimum Gasteiger partial charge on any atom is -0.335 e. The van der Waals surface area contributed by atoms with Crippen molar-refractivity contribution in [2.75, 3.05) is 31.1 Å². The Morgan fingerprint density at radius 1 is 1.08 bits per heavy atom. The first-order chi connectivity index (χ1) is 12.7. The lowest BCUT2D eigenvalue weighted by molar-refractivity contribution is 0.156. The Balaban J connectivity index is 1.25. The van der Waals surface area contributed by atoms with E-state index in [1.807, 2.05) is 23.1 Å². The van der Waals surface area contributed by atoms with Gasteiger partial charge in [-0.25, -0.2) is 4.79 Å². The van der Waals surface area contributed by atoms with E-state index in [9.17, 15) is 4.79 Å². The lowest BCUT2D eigenvalue weighted by Gasteiger charge is -2.36. The molecule has 1 N–H and O–H groups in total. The lowest BCUT2D eigenvalue weighted by Crippen LogP contribution is -2.49. The van der Waals surface area contributed by atoms with Gasteiger partial charge in [0.15, 0.2) is 0 Å². The molecule has 2 amide bonds. The van der Waals surface area contributed by atoms with Crippen LogP contribution in [0.5, 0.6) is 0 Å². The van der Waals surface area contributed by atoms with Crippen molar-refractivity contribution in [2.45, 2.75) is 57.4 Å². The van der Waals surface area contributed by atoms with Gasteiger partial charge in [-0.15, -0.1) is 0 Å². The Hall–Kier alpha value is -1.26. The second kappa shape index (κ2) is 8.18. The smallest absolute Gasteiger partial charge is 0.322 e. The van der Waals surface area contributed by atoms with Gasteiger partial charge < -0.3 is 10.2 Å². The zero-order valence-electron chi connectivity index (χ0n) is 15.6. The van der Waals surface area contributed by atoms with Crippen LogP contribution in [0.1, 0.15) is 50.5 Å². The number of urea groups is 1. The van der Waals surface area contributed by atoms with Crippen LogP contribution in [0.4, 0.5) is 10.5 Å². The van der Waals surface area contributed by atoms with Crippen LogP contribution in [-0.2, 0) is 6.42 Å². The fourth-order valence-electron chi connectivity index (χ4n) is 4.83. The molecule has 0 unspecified atom stereocenters. The maximum atomic E-state index is 12.7. The third-order valence-electron chi connectivity index (χ3n) is 6.34. The van der Waals surface area contributed by atoms with Gasteiger partial charge in [0.05, 0.1) is 0 Å². The molecule has 2 fully saturated rings. The number of hydrogen-bond donors (Lipinski definition) is 1. The molecule has 4 rings (SSSR count). The summed E-state index contributed by atoms with van der Waals surface area (Å²) in [5, 5.41) is 4.01. The minimum absolute atomic E-state index is 0.0526. The van der Waals surface area contributed by atoms with E-state index in [2.05, 4.69) is 10.2 Å². The molecule has 1 aliphatic carbocycles. The van der Waals surface area contributed by atoms with E-state index in [0.717, 1.165) is 55.5 Å². The van der Waals surface area contributed by atoms with E-state index < -0.39 is 0 Å². The first kappa shape index (κ1) is 18.1. The topological polar surface area (TPSA) is 35.6 Å². The second-order valence-electron chi connectivity index (χ2n) is 8.20. The summed E-state index contributed by atoms with van der Waals surface area (Å²) in [5.41, 5.74) is 2.19. The molecule has 0 radical (unpaired) electrons. The minimum atomic E-state index is 0.0526. The van der Waals surface area contributed by atoms with Gasteiger partial charge in [-0.05, 0) is 61.8 Å². The molecule has 0 atom stereocenters. The zero-order valence-corrected chi connectivity index (χ0v) is 16.3. The van der Waals surface area contributed by atoms with Gasteiger partial charge in [0.2, 0.25) is 0 Å². The molecule has 0 aromatic heterocycles. The highest BCUT2D eigenvalue weighted by Gasteiger charge is 2.28. The third-order valence-corrected chi connectivity index (χ3v) is 6.57. The quantitative estimate of drug-likeness (QED) is 0.846. The Labute approximate surface area is 161 Å². The highest BCUT2D eigenvalue weighted by molar-refractivity contribution is 6.30. The molecule has 0 bridgehead atoms. The average Bonchev–Trinajstić information content (AvgIpc) is 3.07. The predicted molar refractivity (Wildman–Crippen MR) is 107 cm³/mol. The monoisotopic (exact) mass is 375 g/mol. The van der Waals surface area contributed by atoms with Crippen molar-refractivity contribution in [2.24, 2.45) is 5.92 Å². The Morgan fingerprint density at radius 3 is 2.62 bits per heavy atom. The van der Waals surface area contributed by atoms with Crippen LogP contribution in [-0.4, -0.2) is 43.2 Å². The Bertz CT molecular complexity index is 636. The van der Waals surface area contributed by atoms with Crippen LogP contribution >= 0.6 is 11.6 Å². The van der Waals surface area contributed by atoms with Gasteiger partial charge in [-0.2, -0.15) is 0 Å². The van der Waals surface area contributed by atoms with Crippen molar-refractivity contribution in [3.05, 3.63) is 28.8 Å². The summed E-state index contributed by atoms with van der Waals surface area (Å²) in [5.74, 6) is 0.905. The molecule has 1 aromatic carbocycles. The average molecular weight is 376 g/mol. The van der Waals surface area contributed by atoms with Crippen LogP contribution in [0.25, 0.3) is 0 Å². The molecule has 1 aromatic rings. The van der Waals surface area contributed by atoms with E-state index in [1.165, 1.54) is 44.2 Å². The molecule has 5 heteroatoms. The summed E-state index contributed by atoms with van der Waals surface area (Å²) in [6.45, 7) is 4.25. The summed E-state index contributed by atoms with van der Waals surface area (Å²) in [6.07, 6.45) is 10.1. The van der Waals surface area contributed by atoms with E-state index in [0.29, 0.717) is 6.04 Å². The van der Waals surface area contributed by atoms with Crippen molar-refractivity contribution in [1.29, 1.82) is 0 Å². The normalized spacial score (nSPS) is 22.4. The van der Waals surface area contributed by atoms with Crippen molar-refractivity contribution in [3.63, 3.8) is 0 Å². The summed E-state index contributed by atoms with van der Waals surface area (Å²) in [6, 6.07) is 6.18. The maximum Gasteiger partial charge on any atom is 0.322 e. The van der Waals surface area contributed by atoms with Crippen LogP contribution < -0.4 is 10.2 Å². The molecule has 2 heterocycles. The number of nitrogens with one attached hydrogen (secondary N) is 1. The number of hydrogen-bond acceptors (Lipinski definition) is 2. The van der Waals surface area contributed by atoms with Gasteiger partial charge in [-0.3, -0.25) is 4.90 Å². The van der Waals surface area contributed by atoms with Gasteiger partial charge >= 0.3 is 6.03 Å². The molecule has 0 spiro atoms. The van der Waals surface area contributed by atoms with Crippen LogP contribution in [0.15, 0.2) is 18.2 Å². The number of fused-ring (bicyclic) bond motifs is 1. The lowest BCUT2D eigenvalue weighted by atomic mass is 9.88. The Morgan fingerprint density at radius 2 is 1.85 bits per heavy atom. The van der Waals surface area contributed by atoms with Crippen LogP contribution in [0.3, 0.4) is 0 Å². The number of rotatable bonds is 3. The first-order valence-electron chi connectivity index (χ1n) is 10.3. The fourth-order valence-corrected chi connectivity index (χ4v) is 5.02.